The summed E-state index contributed by atoms with van der Waals surface area (Å²) < 4.78 is 10.3. The van der Waals surface area contributed by atoms with Crippen molar-refractivity contribution in [2.75, 3.05) is 19.8 Å². The zero-order chi connectivity index (χ0) is 18.4. The van der Waals surface area contributed by atoms with Gasteiger partial charge in [0.05, 0.1) is 0 Å². The van der Waals surface area contributed by atoms with Crippen LogP contribution >= 0.6 is 0 Å². The minimum absolute atomic E-state index is 0.283. The molecule has 0 aromatic heterocycles. The Hall–Kier alpha value is -2.57. The molecule has 1 aromatic rings. The SMILES string of the molecule is Cc1ccc(OCC(=O)OCC(=O)N2CCCC[C@@H]2C(N)=O)cc1C. The summed E-state index contributed by atoms with van der Waals surface area (Å²) in [5.41, 5.74) is 7.52. The van der Waals surface area contributed by atoms with Crippen molar-refractivity contribution in [1.82, 2.24) is 4.90 Å². The van der Waals surface area contributed by atoms with Crippen LogP contribution in [0.15, 0.2) is 18.2 Å². The average molecular weight is 348 g/mol. The molecule has 1 atom stereocenters. The number of carbonyl (C=O) groups is 3. The Labute approximate surface area is 147 Å². The van der Waals surface area contributed by atoms with Gasteiger partial charge in [-0.15, -0.1) is 0 Å². The van der Waals surface area contributed by atoms with Crippen LogP contribution in [0.1, 0.15) is 30.4 Å². The van der Waals surface area contributed by atoms with Gasteiger partial charge in [0.25, 0.3) is 5.91 Å². The molecule has 0 bridgehead atoms. The number of rotatable bonds is 6. The van der Waals surface area contributed by atoms with E-state index in [4.69, 9.17) is 15.2 Å². The number of benzene rings is 1. The molecule has 0 spiro atoms. The monoisotopic (exact) mass is 348 g/mol. The Morgan fingerprint density at radius 3 is 2.60 bits per heavy atom. The van der Waals surface area contributed by atoms with E-state index < -0.39 is 30.4 Å². The Balaban J connectivity index is 1.79. The first-order valence-corrected chi connectivity index (χ1v) is 8.33. The number of likely N-dealkylation sites (tertiary alicyclic amines) is 1. The van der Waals surface area contributed by atoms with E-state index in [9.17, 15) is 14.4 Å². The number of aryl methyl sites for hydroxylation is 2. The zero-order valence-corrected chi connectivity index (χ0v) is 14.6. The van der Waals surface area contributed by atoms with Gasteiger partial charge in [-0.1, -0.05) is 6.07 Å². The molecular formula is C18H24N2O5. The lowest BCUT2D eigenvalue weighted by atomic mass is 10.0. The van der Waals surface area contributed by atoms with Gasteiger partial charge in [-0.2, -0.15) is 0 Å². The lowest BCUT2D eigenvalue weighted by Crippen LogP contribution is -2.51. The van der Waals surface area contributed by atoms with Crippen LogP contribution in [-0.4, -0.2) is 48.5 Å². The lowest BCUT2D eigenvalue weighted by molar-refractivity contribution is -0.156. The molecule has 1 fully saturated rings. The number of hydrogen-bond acceptors (Lipinski definition) is 5. The molecule has 136 valence electrons. The second-order valence-electron chi connectivity index (χ2n) is 6.20. The highest BCUT2D eigenvalue weighted by atomic mass is 16.6. The van der Waals surface area contributed by atoms with E-state index in [1.165, 1.54) is 4.90 Å². The van der Waals surface area contributed by atoms with Crippen molar-refractivity contribution in [3.05, 3.63) is 29.3 Å². The molecule has 1 saturated heterocycles. The molecule has 7 nitrogen and oxygen atoms in total. The average Bonchev–Trinajstić information content (AvgIpc) is 2.60. The number of ether oxygens (including phenoxy) is 2. The van der Waals surface area contributed by atoms with E-state index >= 15 is 0 Å². The van der Waals surface area contributed by atoms with Crippen LogP contribution in [0.25, 0.3) is 0 Å². The summed E-state index contributed by atoms with van der Waals surface area (Å²) in [5.74, 6) is -1.02. The quantitative estimate of drug-likeness (QED) is 0.776. The molecule has 2 amide bonds. The molecule has 0 aliphatic carbocycles. The van der Waals surface area contributed by atoms with E-state index in [-0.39, 0.29) is 6.61 Å². The van der Waals surface area contributed by atoms with Crippen molar-refractivity contribution in [2.24, 2.45) is 5.73 Å². The van der Waals surface area contributed by atoms with E-state index in [2.05, 4.69) is 0 Å². The number of carbonyl (C=O) groups excluding carboxylic acids is 3. The molecule has 1 heterocycles. The van der Waals surface area contributed by atoms with Crippen molar-refractivity contribution in [2.45, 2.75) is 39.2 Å². The number of nitrogens with zero attached hydrogens (tertiary/aromatic N) is 1. The van der Waals surface area contributed by atoms with E-state index in [0.717, 1.165) is 24.0 Å². The van der Waals surface area contributed by atoms with Crippen molar-refractivity contribution in [3.63, 3.8) is 0 Å². The Morgan fingerprint density at radius 1 is 1.16 bits per heavy atom. The van der Waals surface area contributed by atoms with E-state index in [1.54, 1.807) is 6.07 Å². The van der Waals surface area contributed by atoms with Crippen LogP contribution in [0, 0.1) is 13.8 Å². The smallest absolute Gasteiger partial charge is 0.344 e. The van der Waals surface area contributed by atoms with Gasteiger partial charge in [0.1, 0.15) is 11.8 Å². The molecule has 2 N–H and O–H groups in total. The van der Waals surface area contributed by atoms with Gasteiger partial charge in [-0.25, -0.2) is 4.79 Å². The fraction of sp³-hybridized carbons (Fsp3) is 0.500. The first kappa shape index (κ1) is 18.8. The van der Waals surface area contributed by atoms with Crippen molar-refractivity contribution >= 4 is 17.8 Å². The number of amides is 2. The third-order valence-corrected chi connectivity index (χ3v) is 4.34. The summed E-state index contributed by atoms with van der Waals surface area (Å²) in [6.45, 7) is 3.68. The summed E-state index contributed by atoms with van der Waals surface area (Å²) in [6.07, 6.45) is 2.20. The Kier molecular flexibility index (Phi) is 6.38. The first-order valence-electron chi connectivity index (χ1n) is 8.33. The molecule has 1 aliphatic heterocycles. The van der Waals surface area contributed by atoms with Crippen LogP contribution in [0.5, 0.6) is 5.75 Å². The molecule has 2 rings (SSSR count). The lowest BCUT2D eigenvalue weighted by Gasteiger charge is -2.33. The van der Waals surface area contributed by atoms with E-state index in [0.29, 0.717) is 18.7 Å². The predicted molar refractivity (Wildman–Crippen MR) is 90.9 cm³/mol. The number of hydrogen-bond donors (Lipinski definition) is 1. The normalized spacial score (nSPS) is 17.0. The maximum Gasteiger partial charge on any atom is 0.344 e. The van der Waals surface area contributed by atoms with Crippen LogP contribution in [-0.2, 0) is 19.1 Å². The molecule has 0 unspecified atom stereocenters. The molecule has 25 heavy (non-hydrogen) atoms. The fourth-order valence-electron chi connectivity index (χ4n) is 2.74. The Morgan fingerprint density at radius 2 is 1.92 bits per heavy atom. The van der Waals surface area contributed by atoms with Gasteiger partial charge < -0.3 is 20.1 Å². The van der Waals surface area contributed by atoms with E-state index in [1.807, 2.05) is 26.0 Å². The largest absolute Gasteiger partial charge is 0.482 e. The van der Waals surface area contributed by atoms with Crippen LogP contribution < -0.4 is 10.5 Å². The summed E-state index contributed by atoms with van der Waals surface area (Å²) in [6, 6.07) is 4.89. The van der Waals surface area contributed by atoms with Gasteiger partial charge >= 0.3 is 5.97 Å². The summed E-state index contributed by atoms with van der Waals surface area (Å²) in [4.78, 5) is 36.7. The van der Waals surface area contributed by atoms with Gasteiger partial charge in [0.15, 0.2) is 13.2 Å². The molecular weight excluding hydrogens is 324 g/mol. The third-order valence-electron chi connectivity index (χ3n) is 4.34. The second kappa shape index (κ2) is 8.50. The highest BCUT2D eigenvalue weighted by Crippen LogP contribution is 2.17. The molecule has 0 saturated carbocycles. The maximum atomic E-state index is 12.2. The fourth-order valence-corrected chi connectivity index (χ4v) is 2.74. The standard InChI is InChI=1S/C18H24N2O5/c1-12-6-7-14(9-13(12)2)24-11-17(22)25-10-16(21)20-8-4-3-5-15(20)18(19)23/h6-7,9,15H,3-5,8,10-11H2,1-2H3,(H2,19,23)/t15-/m1/s1. The van der Waals surface area contributed by atoms with Crippen molar-refractivity contribution in [1.29, 1.82) is 0 Å². The number of piperidine rings is 1. The Bertz CT molecular complexity index is 659. The molecule has 1 aliphatic rings. The van der Waals surface area contributed by atoms with Crippen LogP contribution in [0.2, 0.25) is 0 Å². The number of esters is 1. The highest BCUT2D eigenvalue weighted by molar-refractivity contribution is 5.88. The van der Waals surface area contributed by atoms with Crippen molar-refractivity contribution in [3.8, 4) is 5.75 Å². The van der Waals surface area contributed by atoms with Crippen LogP contribution in [0.4, 0.5) is 0 Å². The minimum atomic E-state index is -0.640. The first-order chi connectivity index (χ1) is 11.9. The van der Waals surface area contributed by atoms with Crippen molar-refractivity contribution < 1.29 is 23.9 Å². The van der Waals surface area contributed by atoms with Gasteiger partial charge in [0.2, 0.25) is 5.91 Å². The van der Waals surface area contributed by atoms with Gasteiger partial charge in [-0.3, -0.25) is 9.59 Å². The third kappa shape index (κ3) is 5.20. The summed E-state index contributed by atoms with van der Waals surface area (Å²) in [7, 11) is 0. The summed E-state index contributed by atoms with van der Waals surface area (Å²) >= 11 is 0. The van der Waals surface area contributed by atoms with Gasteiger partial charge in [0, 0.05) is 6.54 Å². The minimum Gasteiger partial charge on any atom is -0.482 e. The second-order valence-corrected chi connectivity index (χ2v) is 6.20. The predicted octanol–water partition coefficient (Wildman–Crippen LogP) is 1.09. The number of nitrogens with two attached hydrogens (primary N) is 1. The number of primary amides is 1. The summed E-state index contributed by atoms with van der Waals surface area (Å²) in [5, 5.41) is 0. The highest BCUT2D eigenvalue weighted by Gasteiger charge is 2.30. The zero-order valence-electron chi connectivity index (χ0n) is 14.6. The maximum absolute atomic E-state index is 12.2. The van der Waals surface area contributed by atoms with Gasteiger partial charge in [-0.05, 0) is 56.4 Å². The van der Waals surface area contributed by atoms with Crippen LogP contribution in [0.3, 0.4) is 0 Å². The topological polar surface area (TPSA) is 98.9 Å². The molecule has 7 heteroatoms. The molecule has 1 aromatic carbocycles. The molecule has 0 radical (unpaired) electrons.